The average Bonchev–Trinajstić information content (AvgIpc) is 3.25. The number of hydrogen-bond acceptors (Lipinski definition) is 5. The van der Waals surface area contributed by atoms with Crippen molar-refractivity contribution in [3.8, 4) is 0 Å². The van der Waals surface area contributed by atoms with E-state index in [1.165, 1.54) is 12.8 Å². The summed E-state index contributed by atoms with van der Waals surface area (Å²) in [5.74, 6) is 0. The van der Waals surface area contributed by atoms with Crippen LogP contribution in [0.25, 0.3) is 0 Å². The third-order valence-electron chi connectivity index (χ3n) is 6.81. The standard InChI is InChI=1S/C22H27ClF6N4O2/c23-16-4-3-15(18(12-16)33-7-5-17-2-1-6-32(17)14-33)13-30-8-10-31(11-9-30)20(34)35-19(21(24,25)26)22(27,28)29/h3-4,12,17,19H,1-2,5-11,13-14H2/t17-/m1/s1. The van der Waals surface area contributed by atoms with E-state index in [4.69, 9.17) is 11.6 Å². The predicted octanol–water partition coefficient (Wildman–Crippen LogP) is 4.72. The number of hydrogen-bond donors (Lipinski definition) is 0. The Hall–Kier alpha value is -1.92. The number of alkyl halides is 6. The number of nitrogens with zero attached hydrogens (tertiary/aromatic N) is 4. The molecule has 13 heteroatoms. The maximum Gasteiger partial charge on any atom is 0.434 e. The fraction of sp³-hybridized carbons (Fsp3) is 0.682. The number of ether oxygens (including phenoxy) is 1. The lowest BCUT2D eigenvalue weighted by molar-refractivity contribution is -0.308. The van der Waals surface area contributed by atoms with Crippen molar-refractivity contribution < 1.29 is 35.9 Å². The first-order valence-electron chi connectivity index (χ1n) is 11.5. The molecule has 0 aliphatic carbocycles. The molecule has 0 spiro atoms. The summed E-state index contributed by atoms with van der Waals surface area (Å²) in [6.07, 6.45) is -13.7. The van der Waals surface area contributed by atoms with E-state index in [0.717, 1.165) is 42.3 Å². The SMILES string of the molecule is O=C(OC(C(F)(F)F)C(F)(F)F)N1CCN(Cc2ccc(Cl)cc2N2CC[C@H]3CCCN3C2)CC1. The van der Waals surface area contributed by atoms with E-state index in [9.17, 15) is 31.1 Å². The number of benzene rings is 1. The van der Waals surface area contributed by atoms with E-state index in [1.807, 2.05) is 17.0 Å². The molecule has 3 saturated heterocycles. The molecule has 1 aromatic rings. The van der Waals surface area contributed by atoms with Crippen LogP contribution in [-0.4, -0.2) is 91.2 Å². The highest BCUT2D eigenvalue weighted by atomic mass is 35.5. The van der Waals surface area contributed by atoms with Crippen molar-refractivity contribution in [2.75, 3.05) is 50.8 Å². The van der Waals surface area contributed by atoms with Crippen LogP contribution in [0.2, 0.25) is 5.02 Å². The van der Waals surface area contributed by atoms with Gasteiger partial charge < -0.3 is 14.5 Å². The minimum atomic E-state index is -5.73. The lowest BCUT2D eigenvalue weighted by atomic mass is 10.1. The van der Waals surface area contributed by atoms with E-state index < -0.39 is 24.5 Å². The summed E-state index contributed by atoms with van der Waals surface area (Å²) in [4.78, 5) is 19.7. The smallest absolute Gasteiger partial charge is 0.426 e. The normalized spacial score (nSPS) is 22.6. The predicted molar refractivity (Wildman–Crippen MR) is 117 cm³/mol. The van der Waals surface area contributed by atoms with Crippen LogP contribution in [0.3, 0.4) is 0 Å². The van der Waals surface area contributed by atoms with Crippen molar-refractivity contribution in [1.82, 2.24) is 14.7 Å². The van der Waals surface area contributed by atoms with E-state index in [0.29, 0.717) is 17.6 Å². The van der Waals surface area contributed by atoms with E-state index in [-0.39, 0.29) is 26.2 Å². The van der Waals surface area contributed by atoms with E-state index in [2.05, 4.69) is 14.5 Å². The zero-order valence-corrected chi connectivity index (χ0v) is 19.7. The number of amides is 1. The topological polar surface area (TPSA) is 39.3 Å². The Labute approximate surface area is 204 Å². The molecule has 1 amide bonds. The van der Waals surface area contributed by atoms with Gasteiger partial charge in [0.2, 0.25) is 0 Å². The van der Waals surface area contributed by atoms with Crippen LogP contribution < -0.4 is 4.90 Å². The Bertz CT molecular complexity index is 893. The number of carbonyl (C=O) groups is 1. The Balaban J connectivity index is 1.36. The van der Waals surface area contributed by atoms with Crippen molar-refractivity contribution >= 4 is 23.4 Å². The van der Waals surface area contributed by atoms with Crippen LogP contribution in [0.4, 0.5) is 36.8 Å². The van der Waals surface area contributed by atoms with Crippen LogP contribution >= 0.6 is 11.6 Å². The highest BCUT2D eigenvalue weighted by Crippen LogP contribution is 2.36. The molecule has 3 aliphatic heterocycles. The van der Waals surface area contributed by atoms with Crippen LogP contribution in [0, 0.1) is 0 Å². The summed E-state index contributed by atoms with van der Waals surface area (Å²) in [5.41, 5.74) is 2.04. The van der Waals surface area contributed by atoms with Gasteiger partial charge in [0.15, 0.2) is 0 Å². The molecule has 196 valence electrons. The molecule has 0 N–H and O–H groups in total. The number of anilines is 1. The number of carbonyl (C=O) groups excluding carboxylic acids is 1. The number of fused-ring (bicyclic) bond motifs is 1. The molecule has 0 bridgehead atoms. The molecular formula is C22H27ClF6N4O2. The van der Waals surface area contributed by atoms with Gasteiger partial charge in [-0.05, 0) is 37.0 Å². The number of halogens is 7. The first-order chi connectivity index (χ1) is 16.4. The first-order valence-corrected chi connectivity index (χ1v) is 11.9. The molecular weight excluding hydrogens is 502 g/mol. The summed E-state index contributed by atoms with van der Waals surface area (Å²) < 4.78 is 80.0. The summed E-state index contributed by atoms with van der Waals surface area (Å²) in [6, 6.07) is 6.28. The van der Waals surface area contributed by atoms with Crippen molar-refractivity contribution in [3.63, 3.8) is 0 Å². The van der Waals surface area contributed by atoms with Crippen molar-refractivity contribution in [2.24, 2.45) is 0 Å². The zero-order valence-electron chi connectivity index (χ0n) is 18.9. The zero-order chi connectivity index (χ0) is 25.4. The molecule has 0 saturated carbocycles. The van der Waals surface area contributed by atoms with Crippen LogP contribution in [0.1, 0.15) is 24.8 Å². The van der Waals surface area contributed by atoms with Gasteiger partial charge in [-0.1, -0.05) is 17.7 Å². The lowest BCUT2D eigenvalue weighted by Gasteiger charge is -2.40. The second kappa shape index (κ2) is 10.2. The largest absolute Gasteiger partial charge is 0.434 e. The summed E-state index contributed by atoms with van der Waals surface area (Å²) >= 11 is 6.28. The third-order valence-corrected chi connectivity index (χ3v) is 7.04. The Kier molecular flexibility index (Phi) is 7.63. The quantitative estimate of drug-likeness (QED) is 0.529. The number of rotatable bonds is 4. The van der Waals surface area contributed by atoms with Gasteiger partial charge in [0.05, 0.1) is 6.67 Å². The maximum absolute atomic E-state index is 12.7. The second-order valence-corrected chi connectivity index (χ2v) is 9.62. The van der Waals surface area contributed by atoms with Gasteiger partial charge in [0.1, 0.15) is 0 Å². The Morgan fingerprint density at radius 2 is 1.69 bits per heavy atom. The highest BCUT2D eigenvalue weighted by Gasteiger charge is 2.60. The van der Waals surface area contributed by atoms with Crippen LogP contribution in [0.15, 0.2) is 18.2 Å². The molecule has 0 aromatic heterocycles. The molecule has 4 rings (SSSR count). The summed E-state index contributed by atoms with van der Waals surface area (Å²) in [5, 5.41) is 0.615. The maximum atomic E-state index is 12.7. The summed E-state index contributed by atoms with van der Waals surface area (Å²) in [6.45, 7) is 3.81. The van der Waals surface area contributed by atoms with Gasteiger partial charge in [0, 0.05) is 62.6 Å². The molecule has 3 aliphatic rings. The van der Waals surface area contributed by atoms with Gasteiger partial charge in [-0.2, -0.15) is 26.3 Å². The van der Waals surface area contributed by atoms with E-state index >= 15 is 0 Å². The third kappa shape index (κ3) is 6.26. The van der Waals surface area contributed by atoms with Crippen LogP contribution in [-0.2, 0) is 11.3 Å². The van der Waals surface area contributed by atoms with Crippen molar-refractivity contribution in [3.05, 3.63) is 28.8 Å². The van der Waals surface area contributed by atoms with Gasteiger partial charge in [-0.3, -0.25) is 9.80 Å². The fourth-order valence-corrected chi connectivity index (χ4v) is 5.16. The molecule has 35 heavy (non-hydrogen) atoms. The molecule has 0 unspecified atom stereocenters. The minimum absolute atomic E-state index is 0.0383. The molecule has 1 aromatic carbocycles. The Morgan fingerprint density at radius 3 is 2.34 bits per heavy atom. The molecule has 3 heterocycles. The monoisotopic (exact) mass is 528 g/mol. The first kappa shape index (κ1) is 26.2. The van der Waals surface area contributed by atoms with Gasteiger partial charge in [-0.25, -0.2) is 4.79 Å². The lowest BCUT2D eigenvalue weighted by Crippen LogP contribution is -2.52. The van der Waals surface area contributed by atoms with E-state index in [1.54, 1.807) is 6.07 Å². The van der Waals surface area contributed by atoms with Crippen molar-refractivity contribution in [1.29, 1.82) is 0 Å². The van der Waals surface area contributed by atoms with Crippen LogP contribution in [0.5, 0.6) is 0 Å². The minimum Gasteiger partial charge on any atom is -0.426 e. The van der Waals surface area contributed by atoms with Gasteiger partial charge in [-0.15, -0.1) is 0 Å². The molecule has 0 radical (unpaired) electrons. The second-order valence-electron chi connectivity index (χ2n) is 9.19. The molecule has 3 fully saturated rings. The highest BCUT2D eigenvalue weighted by molar-refractivity contribution is 6.30. The number of piperazine rings is 1. The van der Waals surface area contributed by atoms with Crippen molar-refractivity contribution in [2.45, 2.75) is 50.3 Å². The fourth-order valence-electron chi connectivity index (χ4n) is 4.99. The van der Waals surface area contributed by atoms with Gasteiger partial charge in [0.25, 0.3) is 6.10 Å². The molecule has 1 atom stereocenters. The summed E-state index contributed by atoms with van der Waals surface area (Å²) in [7, 11) is 0. The average molecular weight is 529 g/mol. The van der Waals surface area contributed by atoms with Gasteiger partial charge >= 0.3 is 18.4 Å². The Morgan fingerprint density at radius 1 is 1.00 bits per heavy atom. The molecule has 6 nitrogen and oxygen atoms in total.